The molecule has 0 aliphatic carbocycles. The Morgan fingerprint density at radius 1 is 1.00 bits per heavy atom. The topological polar surface area (TPSA) is 40.1 Å². The number of nitrogens with one attached hydrogen (secondary N) is 1. The van der Waals surface area contributed by atoms with Crippen LogP contribution in [0.15, 0.2) is 59.6 Å². The lowest BCUT2D eigenvalue weighted by Crippen LogP contribution is -2.44. The molecule has 2 aromatic carbocycles. The van der Waals surface area contributed by atoms with E-state index in [0.717, 1.165) is 38.7 Å². The minimum absolute atomic E-state index is 0.273. The number of rotatable bonds is 5. The van der Waals surface area contributed by atoms with Crippen molar-refractivity contribution in [2.45, 2.75) is 45.2 Å². The van der Waals surface area contributed by atoms with Crippen molar-refractivity contribution in [1.29, 1.82) is 0 Å². The van der Waals surface area contributed by atoms with Crippen LogP contribution in [-0.2, 0) is 17.8 Å². The molecule has 1 N–H and O–H groups in total. The van der Waals surface area contributed by atoms with Crippen LogP contribution < -0.4 is 5.32 Å². The molecule has 0 aromatic heterocycles. The highest BCUT2D eigenvalue weighted by molar-refractivity contribution is 5.82. The van der Waals surface area contributed by atoms with Gasteiger partial charge in [0.05, 0.1) is 24.8 Å². The third kappa shape index (κ3) is 5.17. The van der Waals surface area contributed by atoms with Gasteiger partial charge in [0.1, 0.15) is 0 Å². The van der Waals surface area contributed by atoms with Crippen molar-refractivity contribution in [3.05, 3.63) is 71.3 Å². The molecule has 1 saturated heterocycles. The van der Waals surface area contributed by atoms with Crippen LogP contribution in [0.4, 0.5) is 0 Å². The van der Waals surface area contributed by atoms with Gasteiger partial charge in [-0.3, -0.25) is 9.89 Å². The number of benzene rings is 2. The molecule has 0 spiro atoms. The molecule has 3 atom stereocenters. The van der Waals surface area contributed by atoms with Crippen LogP contribution in [0.25, 0.3) is 0 Å². The SMILES string of the molecule is C[C@@H]1CN(Cc2ccc(CN(C)C3=NCC(c4ccccc4)N3)cc2)C[C@H](C)O1. The zero-order valence-electron chi connectivity index (χ0n) is 17.7. The van der Waals surface area contributed by atoms with Crippen LogP contribution in [0, 0.1) is 0 Å². The van der Waals surface area contributed by atoms with E-state index in [-0.39, 0.29) is 6.04 Å². The molecule has 2 aromatic rings. The van der Waals surface area contributed by atoms with E-state index in [1.54, 1.807) is 0 Å². The summed E-state index contributed by atoms with van der Waals surface area (Å²) in [5, 5.41) is 3.56. The summed E-state index contributed by atoms with van der Waals surface area (Å²) in [4.78, 5) is 9.40. The summed E-state index contributed by atoms with van der Waals surface area (Å²) in [6.07, 6.45) is 0.622. The normalized spacial score (nSPS) is 24.8. The van der Waals surface area contributed by atoms with Crippen LogP contribution in [0.3, 0.4) is 0 Å². The highest BCUT2D eigenvalue weighted by atomic mass is 16.5. The van der Waals surface area contributed by atoms with Crippen molar-refractivity contribution in [3.63, 3.8) is 0 Å². The molecule has 0 saturated carbocycles. The smallest absolute Gasteiger partial charge is 0.194 e. The second kappa shape index (κ2) is 8.97. The summed E-state index contributed by atoms with van der Waals surface area (Å²) < 4.78 is 5.84. The van der Waals surface area contributed by atoms with Crippen molar-refractivity contribution >= 4 is 5.96 Å². The summed E-state index contributed by atoms with van der Waals surface area (Å²) in [5.41, 5.74) is 3.95. The Bertz CT molecular complexity index is 811. The molecule has 2 aliphatic rings. The van der Waals surface area contributed by atoms with E-state index in [9.17, 15) is 0 Å². The number of hydrogen-bond acceptors (Lipinski definition) is 5. The van der Waals surface area contributed by atoms with Crippen molar-refractivity contribution in [1.82, 2.24) is 15.1 Å². The maximum Gasteiger partial charge on any atom is 0.194 e. The van der Waals surface area contributed by atoms with Crippen molar-refractivity contribution in [3.8, 4) is 0 Å². The fourth-order valence-electron chi connectivity index (χ4n) is 4.30. The minimum Gasteiger partial charge on any atom is -0.373 e. The van der Waals surface area contributed by atoms with E-state index in [2.05, 4.69) is 90.6 Å². The molecule has 154 valence electrons. The average molecular weight is 393 g/mol. The second-order valence-corrected chi connectivity index (χ2v) is 8.40. The van der Waals surface area contributed by atoms with Gasteiger partial charge in [-0.25, -0.2) is 0 Å². The Hall–Kier alpha value is -2.37. The maximum atomic E-state index is 5.84. The molecule has 1 fully saturated rings. The maximum absolute atomic E-state index is 5.84. The molecule has 29 heavy (non-hydrogen) atoms. The van der Waals surface area contributed by atoms with E-state index in [1.165, 1.54) is 16.7 Å². The largest absolute Gasteiger partial charge is 0.373 e. The van der Waals surface area contributed by atoms with Gasteiger partial charge in [-0.2, -0.15) is 0 Å². The quantitative estimate of drug-likeness (QED) is 0.846. The second-order valence-electron chi connectivity index (χ2n) is 8.40. The van der Waals surface area contributed by atoms with Gasteiger partial charge in [-0.1, -0.05) is 54.6 Å². The zero-order valence-corrected chi connectivity index (χ0v) is 17.7. The predicted octanol–water partition coefficient (Wildman–Crippen LogP) is 3.43. The first-order valence-corrected chi connectivity index (χ1v) is 10.6. The van der Waals surface area contributed by atoms with Gasteiger partial charge in [0, 0.05) is 33.2 Å². The molecular weight excluding hydrogens is 360 g/mol. The van der Waals surface area contributed by atoms with Crippen molar-refractivity contribution < 1.29 is 4.74 Å². The van der Waals surface area contributed by atoms with Gasteiger partial charge in [-0.05, 0) is 30.5 Å². The molecule has 2 heterocycles. The number of ether oxygens (including phenoxy) is 1. The number of morpholine rings is 1. The van der Waals surface area contributed by atoms with Gasteiger partial charge in [0.2, 0.25) is 0 Å². The first-order valence-electron chi connectivity index (χ1n) is 10.6. The van der Waals surface area contributed by atoms with Crippen LogP contribution in [-0.4, -0.2) is 54.6 Å². The Balaban J connectivity index is 1.30. The van der Waals surface area contributed by atoms with Crippen LogP contribution in [0.1, 0.15) is 36.6 Å². The third-order valence-electron chi connectivity index (χ3n) is 5.63. The van der Waals surface area contributed by atoms with E-state index in [4.69, 9.17) is 9.73 Å². The summed E-state index contributed by atoms with van der Waals surface area (Å²) in [7, 11) is 2.10. The van der Waals surface area contributed by atoms with Crippen LogP contribution >= 0.6 is 0 Å². The lowest BCUT2D eigenvalue weighted by Gasteiger charge is -2.35. The average Bonchev–Trinajstić information content (AvgIpc) is 3.20. The zero-order chi connectivity index (χ0) is 20.2. The van der Waals surface area contributed by atoms with E-state index in [1.807, 2.05) is 0 Å². The van der Waals surface area contributed by atoms with E-state index in [0.29, 0.717) is 12.2 Å². The van der Waals surface area contributed by atoms with E-state index < -0.39 is 0 Å². The number of aliphatic imine (C=N–C) groups is 1. The molecule has 0 radical (unpaired) electrons. The molecule has 5 heteroatoms. The third-order valence-corrected chi connectivity index (χ3v) is 5.63. The van der Waals surface area contributed by atoms with E-state index >= 15 is 0 Å². The minimum atomic E-state index is 0.273. The Morgan fingerprint density at radius 2 is 1.66 bits per heavy atom. The summed E-state index contributed by atoms with van der Waals surface area (Å²) in [5.74, 6) is 0.972. The lowest BCUT2D eigenvalue weighted by atomic mass is 10.1. The lowest BCUT2D eigenvalue weighted by molar-refractivity contribution is -0.0704. The molecule has 5 nitrogen and oxygen atoms in total. The first-order chi connectivity index (χ1) is 14.1. The fourth-order valence-corrected chi connectivity index (χ4v) is 4.30. The van der Waals surface area contributed by atoms with Crippen molar-refractivity contribution in [2.24, 2.45) is 4.99 Å². The molecular formula is C24H32N4O. The highest BCUT2D eigenvalue weighted by Crippen LogP contribution is 2.19. The fraction of sp³-hybridized carbons (Fsp3) is 0.458. The standard InChI is InChI=1S/C24H32N4O/c1-18-14-28(15-19(2)29-18)17-21-11-9-20(10-12-21)16-27(3)24-25-13-23(26-24)22-7-5-4-6-8-22/h4-12,18-19,23H,13-17H2,1-3H3,(H,25,26)/t18-,19+,23?. The van der Waals surface area contributed by atoms with Gasteiger partial charge >= 0.3 is 0 Å². The van der Waals surface area contributed by atoms with Crippen LogP contribution in [0.5, 0.6) is 0 Å². The molecule has 2 aliphatic heterocycles. The first kappa shape index (κ1) is 19.9. The highest BCUT2D eigenvalue weighted by Gasteiger charge is 2.23. The van der Waals surface area contributed by atoms with Crippen LogP contribution in [0.2, 0.25) is 0 Å². The summed E-state index contributed by atoms with van der Waals surface area (Å²) in [6.45, 7) is 8.94. The monoisotopic (exact) mass is 392 g/mol. The number of guanidine groups is 1. The molecule has 0 bridgehead atoms. The predicted molar refractivity (Wildman–Crippen MR) is 118 cm³/mol. The summed E-state index contributed by atoms with van der Waals surface area (Å²) >= 11 is 0. The molecule has 4 rings (SSSR count). The molecule has 1 unspecified atom stereocenters. The number of hydrogen-bond donors (Lipinski definition) is 1. The number of nitrogens with zero attached hydrogens (tertiary/aromatic N) is 3. The van der Waals surface area contributed by atoms with Gasteiger partial charge in [0.25, 0.3) is 0 Å². The molecule has 0 amide bonds. The Labute approximate surface area is 174 Å². The Kier molecular flexibility index (Phi) is 6.16. The van der Waals surface area contributed by atoms with Gasteiger partial charge < -0.3 is 15.0 Å². The van der Waals surface area contributed by atoms with Gasteiger partial charge in [0.15, 0.2) is 5.96 Å². The summed E-state index contributed by atoms with van der Waals surface area (Å²) in [6, 6.07) is 19.8. The van der Waals surface area contributed by atoms with Gasteiger partial charge in [-0.15, -0.1) is 0 Å². The Morgan fingerprint density at radius 3 is 2.34 bits per heavy atom. The van der Waals surface area contributed by atoms with Crippen molar-refractivity contribution in [2.75, 3.05) is 26.7 Å².